The maximum absolute atomic E-state index is 11.9. The summed E-state index contributed by atoms with van der Waals surface area (Å²) in [6, 6.07) is 9.38. The highest BCUT2D eigenvalue weighted by Gasteiger charge is 2.06. The number of benzene rings is 1. The first-order chi connectivity index (χ1) is 8.79. The van der Waals surface area contributed by atoms with Crippen molar-refractivity contribution < 1.29 is 4.79 Å². The van der Waals surface area contributed by atoms with Gasteiger partial charge in [-0.2, -0.15) is 16.9 Å². The van der Waals surface area contributed by atoms with Gasteiger partial charge in [0.25, 0.3) is 5.91 Å². The minimum Gasteiger partial charge on any atom is -0.307 e. The van der Waals surface area contributed by atoms with Crippen LogP contribution in [0.1, 0.15) is 22.8 Å². The number of carbonyl (C=O) groups is 1. The monoisotopic (exact) mass is 261 g/mol. The zero-order valence-corrected chi connectivity index (χ0v) is 11.0. The fraction of sp³-hybridized carbons (Fsp3) is 0.231. The summed E-state index contributed by atoms with van der Waals surface area (Å²) < 4.78 is 0. The Morgan fingerprint density at radius 1 is 1.33 bits per heavy atom. The Labute approximate surface area is 110 Å². The third kappa shape index (κ3) is 3.37. The molecule has 1 heterocycles. The molecule has 0 aliphatic carbocycles. The Kier molecular flexibility index (Phi) is 4.41. The molecule has 0 aliphatic rings. The Bertz CT molecular complexity index is 493. The highest BCUT2D eigenvalue weighted by Crippen LogP contribution is 2.13. The van der Waals surface area contributed by atoms with Gasteiger partial charge in [0.2, 0.25) is 0 Å². The number of hydrogen-bond donors (Lipinski definition) is 2. The van der Waals surface area contributed by atoms with Crippen LogP contribution in [0.3, 0.4) is 0 Å². The fourth-order valence-electron chi connectivity index (χ4n) is 1.49. The summed E-state index contributed by atoms with van der Waals surface area (Å²) in [6.45, 7) is 2.14. The van der Waals surface area contributed by atoms with Gasteiger partial charge in [0.15, 0.2) is 0 Å². The maximum Gasteiger partial charge on any atom is 0.256 e. The standard InChI is InChI=1S/C13H15N3OS/c1-2-18-9-10-3-5-11(6-4-10)13(17)15-12-7-8-14-16-12/h3-8H,2,9H2,1H3,(H2,14,15,16,17). The number of H-pyrrole nitrogens is 1. The lowest BCUT2D eigenvalue weighted by Crippen LogP contribution is -2.12. The van der Waals surface area contributed by atoms with E-state index in [9.17, 15) is 4.79 Å². The Balaban J connectivity index is 1.98. The number of amides is 1. The number of anilines is 1. The number of aromatic nitrogens is 2. The molecule has 0 radical (unpaired) electrons. The molecule has 0 saturated heterocycles. The van der Waals surface area contributed by atoms with Crippen molar-refractivity contribution in [1.29, 1.82) is 0 Å². The second kappa shape index (κ2) is 6.26. The lowest BCUT2D eigenvalue weighted by molar-refractivity contribution is 0.102. The molecule has 0 spiro atoms. The average Bonchev–Trinajstić information content (AvgIpc) is 2.89. The van der Waals surface area contributed by atoms with E-state index >= 15 is 0 Å². The summed E-state index contributed by atoms with van der Waals surface area (Å²) in [7, 11) is 0. The van der Waals surface area contributed by atoms with E-state index in [-0.39, 0.29) is 5.91 Å². The average molecular weight is 261 g/mol. The Morgan fingerprint density at radius 3 is 2.72 bits per heavy atom. The lowest BCUT2D eigenvalue weighted by Gasteiger charge is -2.04. The number of hydrogen-bond acceptors (Lipinski definition) is 3. The Hall–Kier alpha value is -1.75. The van der Waals surface area contributed by atoms with Gasteiger partial charge in [0.05, 0.1) is 6.20 Å². The van der Waals surface area contributed by atoms with Gasteiger partial charge >= 0.3 is 0 Å². The second-order valence-electron chi connectivity index (χ2n) is 3.76. The molecule has 1 aromatic heterocycles. The van der Waals surface area contributed by atoms with Gasteiger partial charge in [-0.05, 0) is 23.4 Å². The van der Waals surface area contributed by atoms with Crippen LogP contribution in [0.25, 0.3) is 0 Å². The first kappa shape index (κ1) is 12.7. The van der Waals surface area contributed by atoms with Gasteiger partial charge in [0, 0.05) is 17.4 Å². The van der Waals surface area contributed by atoms with E-state index in [1.807, 2.05) is 36.0 Å². The van der Waals surface area contributed by atoms with Crippen LogP contribution >= 0.6 is 11.8 Å². The van der Waals surface area contributed by atoms with Crippen molar-refractivity contribution in [3.63, 3.8) is 0 Å². The van der Waals surface area contributed by atoms with E-state index in [2.05, 4.69) is 22.4 Å². The number of aromatic amines is 1. The number of rotatable bonds is 5. The van der Waals surface area contributed by atoms with Gasteiger partial charge in [-0.25, -0.2) is 0 Å². The lowest BCUT2D eigenvalue weighted by atomic mass is 10.1. The first-order valence-corrected chi connectivity index (χ1v) is 6.92. The van der Waals surface area contributed by atoms with E-state index in [4.69, 9.17) is 0 Å². The number of thioether (sulfide) groups is 1. The largest absolute Gasteiger partial charge is 0.307 e. The van der Waals surface area contributed by atoms with E-state index in [1.54, 1.807) is 12.3 Å². The number of nitrogens with zero attached hydrogens (tertiary/aromatic N) is 1. The predicted molar refractivity (Wildman–Crippen MR) is 74.8 cm³/mol. The molecular weight excluding hydrogens is 246 g/mol. The smallest absolute Gasteiger partial charge is 0.256 e. The summed E-state index contributed by atoms with van der Waals surface area (Å²) in [5.41, 5.74) is 1.88. The molecule has 18 heavy (non-hydrogen) atoms. The molecule has 2 aromatic rings. The molecule has 5 heteroatoms. The van der Waals surface area contributed by atoms with Crippen LogP contribution in [-0.4, -0.2) is 21.9 Å². The van der Waals surface area contributed by atoms with Crippen molar-refractivity contribution in [3.8, 4) is 0 Å². The summed E-state index contributed by atoms with van der Waals surface area (Å²) in [6.07, 6.45) is 1.60. The molecule has 0 saturated carbocycles. The SMILES string of the molecule is CCSCc1ccc(C(=O)Nc2ccn[nH]2)cc1. The molecule has 0 aliphatic heterocycles. The van der Waals surface area contributed by atoms with Crippen molar-refractivity contribution >= 4 is 23.5 Å². The summed E-state index contributed by atoms with van der Waals surface area (Å²) in [4.78, 5) is 11.9. The first-order valence-electron chi connectivity index (χ1n) is 5.77. The van der Waals surface area contributed by atoms with E-state index in [0.29, 0.717) is 11.4 Å². The zero-order chi connectivity index (χ0) is 12.8. The van der Waals surface area contributed by atoms with Crippen LogP contribution in [0.4, 0.5) is 5.82 Å². The second-order valence-corrected chi connectivity index (χ2v) is 5.03. The minimum absolute atomic E-state index is 0.131. The van der Waals surface area contributed by atoms with Crippen LogP contribution < -0.4 is 5.32 Å². The quantitative estimate of drug-likeness (QED) is 0.870. The van der Waals surface area contributed by atoms with E-state index in [1.165, 1.54) is 5.56 Å². The molecule has 0 fully saturated rings. The molecule has 4 nitrogen and oxygen atoms in total. The summed E-state index contributed by atoms with van der Waals surface area (Å²) in [5, 5.41) is 9.20. The normalized spacial score (nSPS) is 10.3. The molecule has 1 amide bonds. The highest BCUT2D eigenvalue weighted by atomic mass is 32.2. The van der Waals surface area contributed by atoms with Crippen molar-refractivity contribution in [3.05, 3.63) is 47.7 Å². The Morgan fingerprint density at radius 2 is 2.11 bits per heavy atom. The maximum atomic E-state index is 11.9. The minimum atomic E-state index is -0.131. The molecule has 2 rings (SSSR count). The van der Waals surface area contributed by atoms with Crippen molar-refractivity contribution in [2.24, 2.45) is 0 Å². The van der Waals surface area contributed by atoms with Gasteiger partial charge in [-0.1, -0.05) is 19.1 Å². The fourth-order valence-corrected chi connectivity index (χ4v) is 2.12. The van der Waals surface area contributed by atoms with Crippen LogP contribution in [0.15, 0.2) is 36.5 Å². The molecule has 0 bridgehead atoms. The number of nitrogens with one attached hydrogen (secondary N) is 2. The van der Waals surface area contributed by atoms with Crippen molar-refractivity contribution in [2.75, 3.05) is 11.1 Å². The van der Waals surface area contributed by atoms with Crippen LogP contribution in [0.2, 0.25) is 0 Å². The van der Waals surface area contributed by atoms with E-state index in [0.717, 1.165) is 11.5 Å². The highest BCUT2D eigenvalue weighted by molar-refractivity contribution is 7.98. The molecular formula is C13H15N3OS. The third-order valence-electron chi connectivity index (χ3n) is 2.44. The summed E-state index contributed by atoms with van der Waals surface area (Å²) in [5.74, 6) is 2.56. The van der Waals surface area contributed by atoms with Gasteiger partial charge < -0.3 is 5.32 Å². The zero-order valence-electron chi connectivity index (χ0n) is 10.1. The number of carbonyl (C=O) groups excluding carboxylic acids is 1. The van der Waals surface area contributed by atoms with Crippen molar-refractivity contribution in [2.45, 2.75) is 12.7 Å². The van der Waals surface area contributed by atoms with Gasteiger partial charge in [-0.15, -0.1) is 0 Å². The van der Waals surface area contributed by atoms with Gasteiger partial charge in [-0.3, -0.25) is 9.89 Å². The third-order valence-corrected chi connectivity index (χ3v) is 3.38. The van der Waals surface area contributed by atoms with Crippen LogP contribution in [0.5, 0.6) is 0 Å². The molecule has 0 unspecified atom stereocenters. The molecule has 2 N–H and O–H groups in total. The van der Waals surface area contributed by atoms with Crippen molar-refractivity contribution in [1.82, 2.24) is 10.2 Å². The topological polar surface area (TPSA) is 57.8 Å². The molecule has 1 aromatic carbocycles. The predicted octanol–water partition coefficient (Wildman–Crippen LogP) is 2.92. The van der Waals surface area contributed by atoms with Gasteiger partial charge in [0.1, 0.15) is 5.82 Å². The molecule has 0 atom stereocenters. The molecule has 94 valence electrons. The summed E-state index contributed by atoms with van der Waals surface area (Å²) >= 11 is 1.87. The van der Waals surface area contributed by atoms with E-state index < -0.39 is 0 Å². The van der Waals surface area contributed by atoms with Crippen LogP contribution in [-0.2, 0) is 5.75 Å². The van der Waals surface area contributed by atoms with Crippen LogP contribution in [0, 0.1) is 0 Å².